The number of halogens is 1. The van der Waals surface area contributed by atoms with Crippen molar-refractivity contribution in [2.75, 3.05) is 29.5 Å². The number of aromatic nitrogens is 5. The number of rotatable bonds is 6. The standard InChI is InChI=1S/C26H27ClN6O3S/c1-17-5-8-28-18(13-17)15-33-23(31-22-24(33)29-16-30-25(22)36-26(2)6-7-26)20-4-3-19(14-21(20)27)32-9-11-37(34,35)12-10-32/h3-5,8,13-14,16H,6-7,9-12,15H2,1-2H3. The maximum absolute atomic E-state index is 11.9. The number of benzene rings is 1. The lowest BCUT2D eigenvalue weighted by Crippen LogP contribution is -2.40. The van der Waals surface area contributed by atoms with Crippen molar-refractivity contribution in [3.63, 3.8) is 0 Å². The molecule has 0 unspecified atom stereocenters. The van der Waals surface area contributed by atoms with Gasteiger partial charge in [-0.1, -0.05) is 11.6 Å². The topological polar surface area (TPSA) is 103 Å². The van der Waals surface area contributed by atoms with E-state index < -0.39 is 9.84 Å². The van der Waals surface area contributed by atoms with Gasteiger partial charge in [0.1, 0.15) is 17.8 Å². The largest absolute Gasteiger partial charge is 0.470 e. The van der Waals surface area contributed by atoms with Crippen LogP contribution in [0.25, 0.3) is 22.6 Å². The number of imidazole rings is 1. The first-order valence-electron chi connectivity index (χ1n) is 12.3. The molecule has 0 bridgehead atoms. The molecule has 4 heterocycles. The molecule has 0 N–H and O–H groups in total. The number of hydrogen-bond acceptors (Lipinski definition) is 8. The summed E-state index contributed by atoms with van der Waals surface area (Å²) >= 11 is 6.84. The van der Waals surface area contributed by atoms with Gasteiger partial charge in [0, 0.05) is 30.5 Å². The lowest BCUT2D eigenvalue weighted by molar-refractivity contribution is 0.194. The Morgan fingerprint density at radius 1 is 1.08 bits per heavy atom. The molecule has 0 atom stereocenters. The zero-order valence-electron chi connectivity index (χ0n) is 20.7. The number of nitrogens with zero attached hydrogens (tertiary/aromatic N) is 6. The van der Waals surface area contributed by atoms with Crippen LogP contribution in [0.1, 0.15) is 31.0 Å². The highest BCUT2D eigenvalue weighted by atomic mass is 35.5. The van der Waals surface area contributed by atoms with E-state index >= 15 is 0 Å². The molecule has 37 heavy (non-hydrogen) atoms. The van der Waals surface area contributed by atoms with Crippen LogP contribution in [0, 0.1) is 6.92 Å². The number of hydrogen-bond donors (Lipinski definition) is 0. The van der Waals surface area contributed by atoms with E-state index in [0.717, 1.165) is 35.3 Å². The highest BCUT2D eigenvalue weighted by Gasteiger charge is 2.41. The van der Waals surface area contributed by atoms with Gasteiger partial charge in [-0.3, -0.25) is 4.98 Å². The molecule has 1 aliphatic heterocycles. The molecule has 2 aliphatic rings. The number of sulfone groups is 1. The van der Waals surface area contributed by atoms with E-state index in [-0.39, 0.29) is 17.1 Å². The Kier molecular flexibility index (Phi) is 5.83. The molecule has 1 saturated heterocycles. The Morgan fingerprint density at radius 3 is 2.57 bits per heavy atom. The first-order valence-corrected chi connectivity index (χ1v) is 14.5. The van der Waals surface area contributed by atoms with Crippen LogP contribution in [0.5, 0.6) is 5.88 Å². The minimum Gasteiger partial charge on any atom is -0.470 e. The first kappa shape index (κ1) is 24.1. The molecule has 0 spiro atoms. The van der Waals surface area contributed by atoms with Crippen LogP contribution in [0.2, 0.25) is 5.02 Å². The van der Waals surface area contributed by atoms with Gasteiger partial charge in [0.05, 0.1) is 28.8 Å². The summed E-state index contributed by atoms with van der Waals surface area (Å²) in [6.45, 7) is 5.44. The molecule has 3 aromatic heterocycles. The maximum atomic E-state index is 11.9. The van der Waals surface area contributed by atoms with Crippen molar-refractivity contribution in [2.45, 2.75) is 38.8 Å². The molecule has 0 radical (unpaired) electrons. The van der Waals surface area contributed by atoms with Gasteiger partial charge in [-0.05, 0) is 62.6 Å². The van der Waals surface area contributed by atoms with Gasteiger partial charge in [-0.25, -0.2) is 18.4 Å². The summed E-state index contributed by atoms with van der Waals surface area (Å²) < 4.78 is 31.9. The number of pyridine rings is 1. The highest BCUT2D eigenvalue weighted by Crippen LogP contribution is 2.41. The van der Waals surface area contributed by atoms with Gasteiger partial charge in [-0.15, -0.1) is 0 Å². The van der Waals surface area contributed by atoms with Crippen LogP contribution in [0.15, 0.2) is 42.9 Å². The van der Waals surface area contributed by atoms with Crippen LogP contribution < -0.4 is 9.64 Å². The van der Waals surface area contributed by atoms with Gasteiger partial charge in [0.2, 0.25) is 5.88 Å². The minimum atomic E-state index is -2.97. The fourth-order valence-electron chi connectivity index (χ4n) is 4.56. The molecule has 192 valence electrons. The van der Waals surface area contributed by atoms with E-state index in [1.54, 1.807) is 6.20 Å². The second kappa shape index (κ2) is 8.95. The summed E-state index contributed by atoms with van der Waals surface area (Å²) in [6.07, 6.45) is 5.25. The Hall–Kier alpha value is -3.24. The number of anilines is 1. The van der Waals surface area contributed by atoms with E-state index in [1.165, 1.54) is 6.33 Å². The van der Waals surface area contributed by atoms with E-state index in [0.29, 0.717) is 47.5 Å². The first-order chi connectivity index (χ1) is 17.7. The van der Waals surface area contributed by atoms with Crippen LogP contribution in [-0.4, -0.2) is 63.1 Å². The Labute approximate surface area is 220 Å². The van der Waals surface area contributed by atoms with Gasteiger partial charge >= 0.3 is 0 Å². The fraction of sp³-hybridized carbons (Fsp3) is 0.385. The lowest BCUT2D eigenvalue weighted by atomic mass is 10.1. The zero-order valence-corrected chi connectivity index (χ0v) is 22.3. The minimum absolute atomic E-state index is 0.145. The third-order valence-electron chi connectivity index (χ3n) is 6.99. The molecular formula is C26H27ClN6O3S. The molecule has 11 heteroatoms. The molecule has 4 aromatic rings. The maximum Gasteiger partial charge on any atom is 0.245 e. The Morgan fingerprint density at radius 2 is 1.86 bits per heavy atom. The molecule has 1 aromatic carbocycles. The van der Waals surface area contributed by atoms with Crippen molar-refractivity contribution >= 4 is 38.3 Å². The van der Waals surface area contributed by atoms with Crippen molar-refractivity contribution in [1.29, 1.82) is 0 Å². The normalized spacial score (nSPS) is 18.2. The van der Waals surface area contributed by atoms with E-state index in [9.17, 15) is 8.42 Å². The zero-order chi connectivity index (χ0) is 25.8. The van der Waals surface area contributed by atoms with E-state index in [4.69, 9.17) is 21.3 Å². The van der Waals surface area contributed by atoms with Gasteiger partial charge in [-0.2, -0.15) is 4.98 Å². The van der Waals surface area contributed by atoms with Crippen molar-refractivity contribution in [1.82, 2.24) is 24.5 Å². The molecule has 1 aliphatic carbocycles. The molecule has 2 fully saturated rings. The quantitative estimate of drug-likeness (QED) is 0.362. The Balaban J connectivity index is 1.43. The molecule has 9 nitrogen and oxygen atoms in total. The van der Waals surface area contributed by atoms with Gasteiger partial charge < -0.3 is 14.2 Å². The average molecular weight is 539 g/mol. The Bertz CT molecular complexity index is 1600. The van der Waals surface area contributed by atoms with Gasteiger partial charge in [0.25, 0.3) is 0 Å². The molecule has 1 saturated carbocycles. The average Bonchev–Trinajstić information content (AvgIpc) is 3.47. The van der Waals surface area contributed by atoms with Crippen molar-refractivity contribution in [2.24, 2.45) is 0 Å². The fourth-order valence-corrected chi connectivity index (χ4v) is 6.02. The predicted octanol–water partition coefficient (Wildman–Crippen LogP) is 4.06. The summed E-state index contributed by atoms with van der Waals surface area (Å²) in [5.41, 5.74) is 4.63. The summed E-state index contributed by atoms with van der Waals surface area (Å²) in [7, 11) is -2.97. The monoisotopic (exact) mass is 538 g/mol. The molecule has 0 amide bonds. The second-order valence-corrected chi connectivity index (χ2v) is 12.8. The summed E-state index contributed by atoms with van der Waals surface area (Å²) in [5.74, 6) is 1.39. The van der Waals surface area contributed by atoms with Crippen molar-refractivity contribution in [3.8, 4) is 17.3 Å². The van der Waals surface area contributed by atoms with E-state index in [1.807, 2.05) is 46.7 Å². The van der Waals surface area contributed by atoms with Crippen molar-refractivity contribution < 1.29 is 13.2 Å². The van der Waals surface area contributed by atoms with E-state index in [2.05, 4.69) is 21.9 Å². The van der Waals surface area contributed by atoms with Crippen molar-refractivity contribution in [3.05, 3.63) is 59.1 Å². The smallest absolute Gasteiger partial charge is 0.245 e. The molecule has 6 rings (SSSR count). The second-order valence-electron chi connectivity index (χ2n) is 10.1. The molecular weight excluding hydrogens is 512 g/mol. The highest BCUT2D eigenvalue weighted by molar-refractivity contribution is 7.91. The van der Waals surface area contributed by atoms with Crippen LogP contribution in [-0.2, 0) is 16.4 Å². The van der Waals surface area contributed by atoms with Crippen LogP contribution in [0.3, 0.4) is 0 Å². The number of ether oxygens (including phenoxy) is 1. The summed E-state index contributed by atoms with van der Waals surface area (Å²) in [6, 6.07) is 9.76. The number of fused-ring (bicyclic) bond motifs is 1. The predicted molar refractivity (Wildman–Crippen MR) is 143 cm³/mol. The third-order valence-corrected chi connectivity index (χ3v) is 8.91. The summed E-state index contributed by atoms with van der Waals surface area (Å²) in [5, 5.41) is 0.518. The van der Waals surface area contributed by atoms with Crippen LogP contribution in [0.4, 0.5) is 5.69 Å². The van der Waals surface area contributed by atoms with Gasteiger partial charge in [0.15, 0.2) is 21.0 Å². The lowest BCUT2D eigenvalue weighted by Gasteiger charge is -2.29. The summed E-state index contributed by atoms with van der Waals surface area (Å²) in [4.78, 5) is 20.5. The van der Waals surface area contributed by atoms with Crippen LogP contribution >= 0.6 is 11.6 Å². The SMILES string of the molecule is Cc1ccnc(Cn2c(-c3ccc(N4CCS(=O)(=O)CC4)cc3Cl)nc3c(OC4(C)CC4)ncnc32)c1. The number of aryl methyl sites for hydroxylation is 1. The third kappa shape index (κ3) is 4.87.